The van der Waals surface area contributed by atoms with Crippen LogP contribution in [0.3, 0.4) is 0 Å². The van der Waals surface area contributed by atoms with Crippen LogP contribution in [0.5, 0.6) is 0 Å². The Labute approximate surface area is 748 Å². The van der Waals surface area contributed by atoms with Gasteiger partial charge in [0.25, 0.3) is 0 Å². The molecule has 0 amide bonds. The van der Waals surface area contributed by atoms with Crippen molar-refractivity contribution >= 4 is 89.5 Å². The lowest BCUT2D eigenvalue weighted by atomic mass is 10.1. The van der Waals surface area contributed by atoms with Gasteiger partial charge in [0.05, 0.1) is 55.2 Å². The fourth-order valence-corrected chi connectivity index (χ4v) is 12.5. The normalized spacial score (nSPS) is 11.0. The molecule has 0 N–H and O–H groups in total. The topological polar surface area (TPSA) is 404 Å². The van der Waals surface area contributed by atoms with E-state index in [4.69, 9.17) is 71.1 Å². The SMILES string of the molecule is CCCCCCCC(=O)OCCOC(=O)CCN(CCOC(=O)c1cc(C(=O)OCCN(CCC(=O)OCCOC(=O)CCCCCCC)CCC(=O)OCCOC(=O)CCCCCCC)cc(C(=O)OCCN(CCC(=O)OCCOC(=O)CCCCCCC)CCC(=O)OCCOC(=O)CCCCCCC)c1)CCC(=O)OCCOC(=O)CCCCCCC. The number of benzene rings is 1. The zero-order valence-electron chi connectivity index (χ0n) is 77.0. The number of carbonyl (C=O) groups excluding carboxylic acids is 15. The number of unbranched alkanes of at least 4 members (excludes halogenated alkanes) is 24. The van der Waals surface area contributed by atoms with Crippen LogP contribution in [0.1, 0.15) is 342 Å². The summed E-state index contributed by atoms with van der Waals surface area (Å²) in [6.45, 7) is 8.64. The molecule has 0 atom stereocenters. The minimum atomic E-state index is -1.06. The summed E-state index contributed by atoms with van der Waals surface area (Å²) in [7, 11) is 0. The molecule has 1 aromatic carbocycles. The minimum Gasteiger partial charge on any atom is -0.462 e. The predicted octanol–water partition coefficient (Wildman–Crippen LogP) is 14.1. The first-order valence-electron chi connectivity index (χ1n) is 46.8. The minimum absolute atomic E-state index is 0.0302. The summed E-state index contributed by atoms with van der Waals surface area (Å²) in [6, 6.07) is 3.33. The van der Waals surface area contributed by atoms with Gasteiger partial charge in [-0.25, -0.2) is 14.4 Å². The average molecular weight is 1790 g/mol. The van der Waals surface area contributed by atoms with Crippen molar-refractivity contribution in [3.8, 4) is 0 Å². The van der Waals surface area contributed by atoms with E-state index in [-0.39, 0.29) is 232 Å². The number of hydrogen-bond acceptors (Lipinski definition) is 33. The molecule has 0 aromatic heterocycles. The van der Waals surface area contributed by atoms with Crippen LogP contribution in [0.15, 0.2) is 18.2 Å². The quantitative estimate of drug-likeness (QED) is 0.0332. The number of esters is 15. The van der Waals surface area contributed by atoms with Gasteiger partial charge in [-0.3, -0.25) is 72.2 Å². The second-order valence-electron chi connectivity index (χ2n) is 30.9. The summed E-state index contributed by atoms with van der Waals surface area (Å²) in [6.07, 6.45) is 28.2. The molecule has 33 nitrogen and oxygen atoms in total. The molecule has 0 aliphatic rings. The van der Waals surface area contributed by atoms with Crippen molar-refractivity contribution in [2.45, 2.75) is 311 Å². The molecule has 0 bridgehead atoms. The van der Waals surface area contributed by atoms with Crippen molar-refractivity contribution < 1.29 is 143 Å². The molecule has 33 heteroatoms. The van der Waals surface area contributed by atoms with Gasteiger partial charge in [0.1, 0.15) is 99.1 Å². The molecular formula is C93H153N3O30. The van der Waals surface area contributed by atoms with Crippen LogP contribution in [0.4, 0.5) is 0 Å². The molecule has 0 aliphatic heterocycles. The van der Waals surface area contributed by atoms with E-state index in [1.165, 1.54) is 0 Å². The molecule has 1 aromatic rings. The van der Waals surface area contributed by atoms with E-state index < -0.39 is 109 Å². The molecule has 0 unspecified atom stereocenters. The van der Waals surface area contributed by atoms with Gasteiger partial charge in [0.2, 0.25) is 0 Å². The van der Waals surface area contributed by atoms with Crippen molar-refractivity contribution in [1.29, 1.82) is 0 Å². The zero-order chi connectivity index (χ0) is 92.5. The zero-order valence-corrected chi connectivity index (χ0v) is 77.0. The molecule has 1 rings (SSSR count). The van der Waals surface area contributed by atoms with Gasteiger partial charge in [-0.1, -0.05) is 196 Å². The molecule has 0 spiro atoms. The molecule has 0 aliphatic carbocycles. The second kappa shape index (κ2) is 80.7. The van der Waals surface area contributed by atoms with Crippen molar-refractivity contribution in [2.75, 3.05) is 158 Å². The molecule has 0 heterocycles. The Morgan fingerprint density at radius 1 is 0.167 bits per heavy atom. The highest BCUT2D eigenvalue weighted by molar-refractivity contribution is 6.00. The van der Waals surface area contributed by atoms with E-state index in [9.17, 15) is 71.9 Å². The van der Waals surface area contributed by atoms with Crippen LogP contribution in [-0.2, 0) is 129 Å². The van der Waals surface area contributed by atoms with Gasteiger partial charge in [-0.15, -0.1) is 0 Å². The molecule has 0 fully saturated rings. The molecule has 0 radical (unpaired) electrons. The Bertz CT molecular complexity index is 2700. The van der Waals surface area contributed by atoms with Crippen LogP contribution in [-0.4, -0.2) is 262 Å². The second-order valence-corrected chi connectivity index (χ2v) is 30.9. The highest BCUT2D eigenvalue weighted by Gasteiger charge is 2.24. The maximum Gasteiger partial charge on any atom is 0.338 e. The molecular weight excluding hydrogens is 1640 g/mol. The van der Waals surface area contributed by atoms with Gasteiger partial charge < -0.3 is 71.1 Å². The smallest absolute Gasteiger partial charge is 0.338 e. The highest BCUT2D eigenvalue weighted by Crippen LogP contribution is 2.18. The van der Waals surface area contributed by atoms with Gasteiger partial charge >= 0.3 is 89.5 Å². The fourth-order valence-electron chi connectivity index (χ4n) is 12.5. The Morgan fingerprint density at radius 2 is 0.302 bits per heavy atom. The lowest BCUT2D eigenvalue weighted by Gasteiger charge is -2.22. The van der Waals surface area contributed by atoms with E-state index in [0.717, 1.165) is 172 Å². The lowest BCUT2D eigenvalue weighted by Crippen LogP contribution is -2.33. The highest BCUT2D eigenvalue weighted by atomic mass is 16.6. The number of carbonyl (C=O) groups is 15. The molecule has 126 heavy (non-hydrogen) atoms. The maximum atomic E-state index is 14.3. The number of hydrogen-bond donors (Lipinski definition) is 0. The van der Waals surface area contributed by atoms with Crippen molar-refractivity contribution in [3.63, 3.8) is 0 Å². The third-order valence-corrected chi connectivity index (χ3v) is 19.9. The van der Waals surface area contributed by atoms with Crippen molar-refractivity contribution in [2.24, 2.45) is 0 Å². The predicted molar refractivity (Wildman–Crippen MR) is 466 cm³/mol. The first-order chi connectivity index (χ1) is 61.0. The summed E-state index contributed by atoms with van der Waals surface area (Å²) in [4.78, 5) is 200. The third kappa shape index (κ3) is 69.3. The fraction of sp³-hybridized carbons (Fsp3) is 0.774. The number of ether oxygens (including phenoxy) is 15. The summed E-state index contributed by atoms with van der Waals surface area (Å²) < 4.78 is 80.8. The Balaban J connectivity index is 3.67. The van der Waals surface area contributed by atoms with E-state index in [0.29, 0.717) is 38.5 Å². The number of nitrogens with zero attached hydrogens (tertiary/aromatic N) is 3. The summed E-state index contributed by atoms with van der Waals surface area (Å²) >= 11 is 0. The first kappa shape index (κ1) is 115. The van der Waals surface area contributed by atoms with E-state index in [1.54, 1.807) is 14.7 Å². The Hall–Kier alpha value is -8.85. The van der Waals surface area contributed by atoms with Crippen LogP contribution >= 0.6 is 0 Å². The van der Waals surface area contributed by atoms with E-state index in [1.807, 2.05) is 0 Å². The van der Waals surface area contributed by atoms with Gasteiger partial charge in [-0.05, 0) is 56.7 Å². The molecule has 720 valence electrons. The first-order valence-corrected chi connectivity index (χ1v) is 46.8. The van der Waals surface area contributed by atoms with Crippen LogP contribution in [0.2, 0.25) is 0 Å². The molecule has 0 saturated heterocycles. The maximum absolute atomic E-state index is 14.3. The lowest BCUT2D eigenvalue weighted by molar-refractivity contribution is -0.153. The third-order valence-electron chi connectivity index (χ3n) is 19.9. The largest absolute Gasteiger partial charge is 0.462 e. The van der Waals surface area contributed by atoms with Gasteiger partial charge in [-0.2, -0.15) is 0 Å². The summed E-state index contributed by atoms with van der Waals surface area (Å²) in [5, 5.41) is 0. The summed E-state index contributed by atoms with van der Waals surface area (Å²) in [5.41, 5.74) is -1.03. The monoisotopic (exact) mass is 1790 g/mol. The standard InChI is InChI=1S/C93H153N3O30/c1-7-13-19-25-31-37-79(97)112-61-67-118-85(103)43-49-94(50-44-86(104)119-68-62-113-80(98)38-32-26-20-14-8-2)55-58-124-91(109)76-73-77(92(110)125-59-56-95(51-45-87(105)120-69-63-114-81(99)39-33-27-21-15-9-3)52-46-88(106)121-70-64-115-82(100)40-34-28-22-16-10-4)75-78(74-76)93(111)126-60-57-96(53-47-89(107)122-71-65-116-83(101)41-35-29-23-17-11-5)54-48-90(108)123-72-66-117-84(102)42-36-30-24-18-12-6/h73-75H,7-72H2,1-6H3. The van der Waals surface area contributed by atoms with Crippen molar-refractivity contribution in [3.05, 3.63) is 34.9 Å². The van der Waals surface area contributed by atoms with Gasteiger partial charge in [0.15, 0.2) is 0 Å². The van der Waals surface area contributed by atoms with Gasteiger partial charge in [0, 0.05) is 97.4 Å². The van der Waals surface area contributed by atoms with Crippen molar-refractivity contribution in [1.82, 2.24) is 14.7 Å². The van der Waals surface area contributed by atoms with Crippen LogP contribution in [0.25, 0.3) is 0 Å². The number of rotatable bonds is 84. The Morgan fingerprint density at radius 3 is 0.444 bits per heavy atom. The Kier molecular flexibility index (Phi) is 73.8. The average Bonchev–Trinajstić information content (AvgIpc) is 0.824. The molecule has 0 saturated carbocycles. The van der Waals surface area contributed by atoms with Crippen LogP contribution in [0, 0.1) is 0 Å². The van der Waals surface area contributed by atoms with Crippen LogP contribution < -0.4 is 0 Å². The van der Waals surface area contributed by atoms with E-state index in [2.05, 4.69) is 41.5 Å². The summed E-state index contributed by atoms with van der Waals surface area (Å²) in [5.74, 6) is -9.62. The van der Waals surface area contributed by atoms with E-state index >= 15 is 0 Å².